The van der Waals surface area contributed by atoms with Crippen LogP contribution in [0.3, 0.4) is 0 Å². The van der Waals surface area contributed by atoms with Crippen LogP contribution in [0.15, 0.2) is 0 Å². The van der Waals surface area contributed by atoms with Crippen molar-refractivity contribution in [3.8, 4) is 0 Å². The van der Waals surface area contributed by atoms with Crippen molar-refractivity contribution in [2.75, 3.05) is 39.6 Å². The van der Waals surface area contributed by atoms with Crippen LogP contribution in [0.5, 0.6) is 0 Å². The molecule has 2 unspecified atom stereocenters. The van der Waals surface area contributed by atoms with Gasteiger partial charge >= 0.3 is 39.5 Å². The second kappa shape index (κ2) is 71.1. The maximum atomic E-state index is 13.1. The van der Waals surface area contributed by atoms with Gasteiger partial charge < -0.3 is 33.8 Å². The third-order valence-electron chi connectivity index (χ3n) is 18.3. The smallest absolute Gasteiger partial charge is 0.462 e. The lowest BCUT2D eigenvalue weighted by Crippen LogP contribution is -2.30. The SMILES string of the molecule is CCCCCCCCCCCCCCCCCCCC(=O)OC[C@H](COP(=O)(O)OC[C@@H](O)COP(=O)(O)OC[C@@H](COC(=O)CCCCCCCCCCC)OC(=O)CCCCCCCCCCCCCCCC)OC(=O)CCCCCCCCCCCCCCCCC(C)C. The van der Waals surface area contributed by atoms with Crippen LogP contribution in [-0.2, 0) is 65.4 Å². The van der Waals surface area contributed by atoms with Crippen LogP contribution in [0.1, 0.15) is 413 Å². The Morgan fingerprint density at radius 2 is 0.474 bits per heavy atom. The lowest BCUT2D eigenvalue weighted by Gasteiger charge is -2.21. The lowest BCUT2D eigenvalue weighted by molar-refractivity contribution is -0.161. The molecule has 0 saturated heterocycles. The zero-order valence-corrected chi connectivity index (χ0v) is 65.0. The highest BCUT2D eigenvalue weighted by Gasteiger charge is 2.30. The van der Waals surface area contributed by atoms with Crippen LogP contribution in [0.4, 0.5) is 0 Å². The van der Waals surface area contributed by atoms with E-state index in [2.05, 4.69) is 34.6 Å². The standard InChI is InChI=1S/C78H152O17P2/c1-6-9-12-15-18-21-23-25-27-28-29-34-37-42-47-52-57-62-76(81)89-68-74(95-78(83)64-59-54-49-44-39-35-31-30-32-36-41-45-50-55-60-71(4)5)70-93-97(86,87)91-66-72(79)65-90-96(84,85)92-69-73(67-88-75(80)61-56-51-46-40-20-17-14-11-8-3)94-77(82)63-58-53-48-43-38-33-26-24-22-19-16-13-10-7-2/h71-74,79H,6-70H2,1-5H3,(H,84,85)(H,86,87)/t72-,73+,74+/m0/s1. The Morgan fingerprint density at radius 1 is 0.278 bits per heavy atom. The summed E-state index contributed by atoms with van der Waals surface area (Å²) in [4.78, 5) is 72.9. The molecule has 576 valence electrons. The van der Waals surface area contributed by atoms with Gasteiger partial charge in [-0.05, 0) is 31.6 Å². The Kier molecular flexibility index (Phi) is 69.6. The summed E-state index contributed by atoms with van der Waals surface area (Å²) in [5.41, 5.74) is 0. The third-order valence-corrected chi connectivity index (χ3v) is 20.2. The van der Waals surface area contributed by atoms with Crippen LogP contribution < -0.4 is 0 Å². The molecule has 0 amide bonds. The molecule has 97 heavy (non-hydrogen) atoms. The van der Waals surface area contributed by atoms with Crippen molar-refractivity contribution in [2.24, 2.45) is 5.92 Å². The van der Waals surface area contributed by atoms with Gasteiger partial charge in [0.25, 0.3) is 0 Å². The molecule has 0 aliphatic carbocycles. The first-order valence-electron chi connectivity index (χ1n) is 40.6. The number of hydrogen-bond donors (Lipinski definition) is 3. The number of phosphoric ester groups is 2. The Hall–Kier alpha value is -1.94. The van der Waals surface area contributed by atoms with Crippen LogP contribution >= 0.6 is 15.6 Å². The molecule has 0 aliphatic heterocycles. The number of carbonyl (C=O) groups excluding carboxylic acids is 4. The molecule has 0 spiro atoms. The topological polar surface area (TPSA) is 237 Å². The molecule has 0 aromatic rings. The van der Waals surface area contributed by atoms with Gasteiger partial charge in [0.1, 0.15) is 19.3 Å². The minimum absolute atomic E-state index is 0.108. The van der Waals surface area contributed by atoms with E-state index in [9.17, 15) is 43.2 Å². The zero-order valence-electron chi connectivity index (χ0n) is 63.2. The van der Waals surface area contributed by atoms with Crippen molar-refractivity contribution in [3.63, 3.8) is 0 Å². The van der Waals surface area contributed by atoms with Crippen LogP contribution in [0.2, 0.25) is 0 Å². The molecule has 0 fully saturated rings. The van der Waals surface area contributed by atoms with Crippen LogP contribution in [-0.4, -0.2) is 96.7 Å². The Labute approximate surface area is 594 Å². The second-order valence-corrected chi connectivity index (χ2v) is 31.5. The van der Waals surface area contributed by atoms with E-state index in [0.29, 0.717) is 25.7 Å². The van der Waals surface area contributed by atoms with Crippen molar-refractivity contribution in [2.45, 2.75) is 432 Å². The summed E-state index contributed by atoms with van der Waals surface area (Å²) < 4.78 is 68.6. The van der Waals surface area contributed by atoms with Crippen molar-refractivity contribution in [3.05, 3.63) is 0 Å². The van der Waals surface area contributed by atoms with Gasteiger partial charge in [-0.1, -0.05) is 362 Å². The van der Waals surface area contributed by atoms with Crippen molar-refractivity contribution in [1.29, 1.82) is 0 Å². The highest BCUT2D eigenvalue weighted by Crippen LogP contribution is 2.45. The molecule has 0 bridgehead atoms. The van der Waals surface area contributed by atoms with Gasteiger partial charge in [0.05, 0.1) is 26.4 Å². The maximum absolute atomic E-state index is 13.1. The minimum atomic E-state index is -4.96. The average molecular weight is 1420 g/mol. The summed E-state index contributed by atoms with van der Waals surface area (Å²) in [5, 5.41) is 10.6. The normalized spacial score (nSPS) is 13.9. The fraction of sp³-hybridized carbons (Fsp3) is 0.949. The van der Waals surface area contributed by atoms with Gasteiger partial charge in [-0.25, -0.2) is 9.13 Å². The Bertz CT molecular complexity index is 1860. The maximum Gasteiger partial charge on any atom is 0.472 e. The highest BCUT2D eigenvalue weighted by atomic mass is 31.2. The van der Waals surface area contributed by atoms with Crippen molar-refractivity contribution < 1.29 is 80.2 Å². The van der Waals surface area contributed by atoms with E-state index in [4.69, 9.17) is 37.0 Å². The van der Waals surface area contributed by atoms with Gasteiger partial charge in [0, 0.05) is 25.7 Å². The first-order chi connectivity index (χ1) is 47.0. The van der Waals surface area contributed by atoms with Gasteiger partial charge in [-0.3, -0.25) is 37.3 Å². The monoisotopic (exact) mass is 1420 g/mol. The van der Waals surface area contributed by atoms with Gasteiger partial charge in [0.2, 0.25) is 0 Å². The summed E-state index contributed by atoms with van der Waals surface area (Å²) in [5.74, 6) is -1.31. The van der Waals surface area contributed by atoms with Gasteiger partial charge in [0.15, 0.2) is 12.2 Å². The summed E-state index contributed by atoms with van der Waals surface area (Å²) in [7, 11) is -9.91. The molecule has 5 atom stereocenters. The zero-order chi connectivity index (χ0) is 71.2. The molecule has 0 radical (unpaired) electrons. The molecule has 3 N–H and O–H groups in total. The molecule has 0 aliphatic rings. The van der Waals surface area contributed by atoms with Crippen molar-refractivity contribution >= 4 is 39.5 Å². The fourth-order valence-electron chi connectivity index (χ4n) is 12.1. The number of hydrogen-bond acceptors (Lipinski definition) is 15. The second-order valence-electron chi connectivity index (χ2n) is 28.6. The first kappa shape index (κ1) is 95.1. The summed E-state index contributed by atoms with van der Waals surface area (Å²) in [6.07, 6.45) is 60.9. The molecule has 0 saturated carbocycles. The predicted octanol–water partition coefficient (Wildman–Crippen LogP) is 23.3. The van der Waals surface area contributed by atoms with E-state index in [1.807, 2.05) is 0 Å². The largest absolute Gasteiger partial charge is 0.472 e. The fourth-order valence-corrected chi connectivity index (χ4v) is 13.6. The van der Waals surface area contributed by atoms with Crippen LogP contribution in [0.25, 0.3) is 0 Å². The van der Waals surface area contributed by atoms with E-state index in [0.717, 1.165) is 95.8 Å². The molecule has 0 aromatic heterocycles. The third kappa shape index (κ3) is 72.2. The van der Waals surface area contributed by atoms with E-state index >= 15 is 0 Å². The summed E-state index contributed by atoms with van der Waals surface area (Å²) in [6.45, 7) is 7.32. The van der Waals surface area contributed by atoms with Crippen LogP contribution in [0, 0.1) is 5.92 Å². The summed E-state index contributed by atoms with van der Waals surface area (Å²) >= 11 is 0. The number of aliphatic hydroxyl groups excluding tert-OH is 1. The highest BCUT2D eigenvalue weighted by molar-refractivity contribution is 7.47. The predicted molar refractivity (Wildman–Crippen MR) is 395 cm³/mol. The number of aliphatic hydroxyl groups is 1. The molecule has 17 nitrogen and oxygen atoms in total. The molecule has 0 rings (SSSR count). The quantitative estimate of drug-likeness (QED) is 0.0222. The van der Waals surface area contributed by atoms with Crippen molar-refractivity contribution in [1.82, 2.24) is 0 Å². The average Bonchev–Trinajstić information content (AvgIpc) is 1.91. The summed E-state index contributed by atoms with van der Waals surface area (Å²) in [6, 6.07) is 0. The first-order valence-corrected chi connectivity index (χ1v) is 43.6. The number of unbranched alkanes of at least 4 members (excludes halogenated alkanes) is 50. The Morgan fingerprint density at radius 3 is 0.701 bits per heavy atom. The number of esters is 4. The number of carbonyl (C=O) groups is 4. The lowest BCUT2D eigenvalue weighted by atomic mass is 10.0. The molecular weight excluding hydrogens is 1270 g/mol. The van der Waals surface area contributed by atoms with E-state index < -0.39 is 97.5 Å². The number of ether oxygens (including phenoxy) is 4. The Balaban J connectivity index is 5.23. The van der Waals surface area contributed by atoms with E-state index in [1.165, 1.54) is 238 Å². The van der Waals surface area contributed by atoms with E-state index in [1.54, 1.807) is 0 Å². The molecule has 0 aromatic carbocycles. The van der Waals surface area contributed by atoms with E-state index in [-0.39, 0.29) is 25.7 Å². The molecular formula is C78H152O17P2. The minimum Gasteiger partial charge on any atom is -0.462 e. The molecule has 19 heteroatoms. The number of rotatable bonds is 78. The number of phosphoric acid groups is 2. The molecule has 0 heterocycles. The van der Waals surface area contributed by atoms with Gasteiger partial charge in [-0.2, -0.15) is 0 Å². The van der Waals surface area contributed by atoms with Gasteiger partial charge in [-0.15, -0.1) is 0 Å².